The van der Waals surface area contributed by atoms with Crippen molar-refractivity contribution in [1.82, 2.24) is 10.3 Å². The highest BCUT2D eigenvalue weighted by Gasteiger charge is 2.14. The van der Waals surface area contributed by atoms with Crippen LogP contribution in [0.4, 0.5) is 0 Å². The third-order valence-corrected chi connectivity index (χ3v) is 4.27. The molecule has 1 fully saturated rings. The zero-order valence-electron chi connectivity index (χ0n) is 12.4. The highest BCUT2D eigenvalue weighted by molar-refractivity contribution is 6.31. The summed E-state index contributed by atoms with van der Waals surface area (Å²) < 4.78 is 0. The van der Waals surface area contributed by atoms with Crippen molar-refractivity contribution < 1.29 is 4.79 Å². The third kappa shape index (κ3) is 3.86. The fourth-order valence-corrected chi connectivity index (χ4v) is 3.02. The highest BCUT2D eigenvalue weighted by atomic mass is 35.5. The lowest BCUT2D eigenvalue weighted by atomic mass is 9.95. The first kappa shape index (κ1) is 15.0. The van der Waals surface area contributed by atoms with E-state index < -0.39 is 0 Å². The van der Waals surface area contributed by atoms with Crippen molar-refractivity contribution >= 4 is 34.5 Å². The predicted octanol–water partition coefficient (Wildman–Crippen LogP) is 4.35. The molecule has 0 unspecified atom stereocenters. The second kappa shape index (κ2) is 6.93. The van der Waals surface area contributed by atoms with E-state index in [9.17, 15) is 4.79 Å². The van der Waals surface area contributed by atoms with Crippen LogP contribution in [0.5, 0.6) is 0 Å². The van der Waals surface area contributed by atoms with Gasteiger partial charge in [0.05, 0.1) is 11.2 Å². The Morgan fingerprint density at radius 2 is 1.95 bits per heavy atom. The van der Waals surface area contributed by atoms with E-state index in [4.69, 9.17) is 11.6 Å². The molecule has 2 aromatic rings. The largest absolute Gasteiger partial charge is 0.350 e. The van der Waals surface area contributed by atoms with Gasteiger partial charge in [-0.05, 0) is 37.1 Å². The maximum absolute atomic E-state index is 12.0. The van der Waals surface area contributed by atoms with E-state index in [1.807, 2.05) is 30.3 Å². The average molecular weight is 315 g/mol. The predicted molar refractivity (Wildman–Crippen MR) is 90.8 cm³/mol. The number of carbonyl (C=O) groups is 1. The number of halogens is 1. The SMILES string of the molecule is O=C(/C=C/c1ccc2ccc(Cl)cc2n1)NC1CCCCC1. The molecule has 3 nitrogen and oxygen atoms in total. The lowest BCUT2D eigenvalue weighted by Gasteiger charge is -2.21. The minimum absolute atomic E-state index is 0.0418. The number of amides is 1. The van der Waals surface area contributed by atoms with Crippen LogP contribution in [0.2, 0.25) is 5.02 Å². The number of hydrogen-bond donors (Lipinski definition) is 1. The van der Waals surface area contributed by atoms with Crippen LogP contribution in [0.1, 0.15) is 37.8 Å². The fraction of sp³-hybridized carbons (Fsp3) is 0.333. The van der Waals surface area contributed by atoms with Crippen LogP contribution in [0.25, 0.3) is 17.0 Å². The topological polar surface area (TPSA) is 42.0 Å². The maximum Gasteiger partial charge on any atom is 0.244 e. The number of nitrogens with one attached hydrogen (secondary N) is 1. The summed E-state index contributed by atoms with van der Waals surface area (Å²) in [5.74, 6) is -0.0418. The van der Waals surface area contributed by atoms with Gasteiger partial charge in [-0.25, -0.2) is 4.98 Å². The van der Waals surface area contributed by atoms with Gasteiger partial charge in [-0.1, -0.05) is 43.0 Å². The van der Waals surface area contributed by atoms with Crippen LogP contribution in [0.15, 0.2) is 36.4 Å². The molecule has 1 aromatic carbocycles. The number of nitrogens with zero attached hydrogens (tertiary/aromatic N) is 1. The number of hydrogen-bond acceptors (Lipinski definition) is 2. The molecule has 1 N–H and O–H groups in total. The Hall–Kier alpha value is -1.87. The second-order valence-electron chi connectivity index (χ2n) is 5.75. The van der Waals surface area contributed by atoms with E-state index in [-0.39, 0.29) is 5.91 Å². The molecule has 0 atom stereocenters. The van der Waals surface area contributed by atoms with E-state index in [1.54, 1.807) is 12.2 Å². The summed E-state index contributed by atoms with van der Waals surface area (Å²) >= 11 is 5.98. The number of carbonyl (C=O) groups excluding carboxylic acids is 1. The summed E-state index contributed by atoms with van der Waals surface area (Å²) in [6.07, 6.45) is 9.19. The molecule has 4 heteroatoms. The zero-order chi connectivity index (χ0) is 15.4. The van der Waals surface area contributed by atoms with Crippen molar-refractivity contribution in [1.29, 1.82) is 0 Å². The molecule has 3 rings (SSSR count). The molecule has 22 heavy (non-hydrogen) atoms. The minimum Gasteiger partial charge on any atom is -0.350 e. The fourth-order valence-electron chi connectivity index (χ4n) is 2.86. The van der Waals surface area contributed by atoms with Gasteiger partial charge in [-0.3, -0.25) is 4.79 Å². The van der Waals surface area contributed by atoms with Gasteiger partial charge >= 0.3 is 0 Å². The summed E-state index contributed by atoms with van der Waals surface area (Å²) in [6.45, 7) is 0. The van der Waals surface area contributed by atoms with Gasteiger partial charge in [0, 0.05) is 22.5 Å². The molecule has 1 aliphatic rings. The van der Waals surface area contributed by atoms with Gasteiger partial charge < -0.3 is 5.32 Å². The van der Waals surface area contributed by atoms with Gasteiger partial charge in [0.25, 0.3) is 0 Å². The molecule has 114 valence electrons. The second-order valence-corrected chi connectivity index (χ2v) is 6.19. The quantitative estimate of drug-likeness (QED) is 0.856. The summed E-state index contributed by atoms with van der Waals surface area (Å²) in [5.41, 5.74) is 1.59. The zero-order valence-corrected chi connectivity index (χ0v) is 13.1. The van der Waals surface area contributed by atoms with E-state index in [0.717, 1.165) is 29.4 Å². The van der Waals surface area contributed by atoms with E-state index in [1.165, 1.54) is 19.3 Å². The van der Waals surface area contributed by atoms with E-state index in [0.29, 0.717) is 11.1 Å². The average Bonchev–Trinajstić information content (AvgIpc) is 2.53. The van der Waals surface area contributed by atoms with Crippen LogP contribution in [-0.2, 0) is 4.79 Å². The van der Waals surface area contributed by atoms with Crippen LogP contribution in [-0.4, -0.2) is 16.9 Å². The molecule has 0 bridgehead atoms. The van der Waals surface area contributed by atoms with Gasteiger partial charge in [0.2, 0.25) is 5.91 Å². The number of benzene rings is 1. The lowest BCUT2D eigenvalue weighted by Crippen LogP contribution is -2.34. The summed E-state index contributed by atoms with van der Waals surface area (Å²) in [4.78, 5) is 16.5. The first-order valence-corrected chi connectivity index (χ1v) is 8.13. The number of pyridine rings is 1. The van der Waals surface area contributed by atoms with E-state index >= 15 is 0 Å². The molecule has 1 aliphatic carbocycles. The van der Waals surface area contributed by atoms with Gasteiger partial charge in [0.1, 0.15) is 0 Å². The number of rotatable bonds is 3. The standard InChI is InChI=1S/C18H19ClN2O/c19-14-8-6-13-7-9-16(20-17(13)12-14)10-11-18(22)21-15-4-2-1-3-5-15/h6-12,15H,1-5H2,(H,21,22)/b11-10+. The van der Waals surface area contributed by atoms with Crippen molar-refractivity contribution in [3.05, 3.63) is 47.1 Å². The Kier molecular flexibility index (Phi) is 4.74. The minimum atomic E-state index is -0.0418. The van der Waals surface area contributed by atoms with Crippen molar-refractivity contribution in [2.24, 2.45) is 0 Å². The lowest BCUT2D eigenvalue weighted by molar-refractivity contribution is -0.117. The van der Waals surface area contributed by atoms with Crippen molar-refractivity contribution in [3.63, 3.8) is 0 Å². The molecule has 0 spiro atoms. The first-order valence-electron chi connectivity index (χ1n) is 7.75. The molecular formula is C18H19ClN2O. The molecule has 1 saturated carbocycles. The Morgan fingerprint density at radius 1 is 1.18 bits per heavy atom. The smallest absolute Gasteiger partial charge is 0.244 e. The van der Waals surface area contributed by atoms with Crippen LogP contribution < -0.4 is 5.32 Å². The molecule has 1 heterocycles. The van der Waals surface area contributed by atoms with Gasteiger partial charge in [0.15, 0.2) is 0 Å². The van der Waals surface area contributed by atoms with Crippen molar-refractivity contribution in [2.45, 2.75) is 38.1 Å². The molecule has 0 aliphatic heterocycles. The summed E-state index contributed by atoms with van der Waals surface area (Å²) in [5, 5.41) is 4.76. The first-order chi connectivity index (χ1) is 10.7. The van der Waals surface area contributed by atoms with E-state index in [2.05, 4.69) is 10.3 Å². The van der Waals surface area contributed by atoms with Crippen molar-refractivity contribution in [3.8, 4) is 0 Å². The number of fused-ring (bicyclic) bond motifs is 1. The molecule has 1 aromatic heterocycles. The molecule has 0 radical (unpaired) electrons. The Labute approximate surface area is 135 Å². The Morgan fingerprint density at radius 3 is 2.77 bits per heavy atom. The molecule has 1 amide bonds. The Balaban J connectivity index is 1.67. The van der Waals surface area contributed by atoms with Crippen LogP contribution in [0, 0.1) is 0 Å². The normalized spacial score (nSPS) is 16.2. The van der Waals surface area contributed by atoms with Crippen LogP contribution in [0.3, 0.4) is 0 Å². The van der Waals surface area contributed by atoms with Crippen molar-refractivity contribution in [2.75, 3.05) is 0 Å². The summed E-state index contributed by atoms with van der Waals surface area (Å²) in [7, 11) is 0. The van der Waals surface area contributed by atoms with Gasteiger partial charge in [-0.15, -0.1) is 0 Å². The Bertz CT molecular complexity index is 705. The summed E-state index contributed by atoms with van der Waals surface area (Å²) in [6, 6.07) is 9.83. The third-order valence-electron chi connectivity index (χ3n) is 4.03. The maximum atomic E-state index is 12.0. The molecule has 0 saturated heterocycles. The van der Waals surface area contributed by atoms with Gasteiger partial charge in [-0.2, -0.15) is 0 Å². The monoisotopic (exact) mass is 314 g/mol. The molecular weight excluding hydrogens is 296 g/mol. The number of aromatic nitrogens is 1. The van der Waals surface area contributed by atoms with Crippen LogP contribution >= 0.6 is 11.6 Å². The highest BCUT2D eigenvalue weighted by Crippen LogP contribution is 2.19.